The van der Waals surface area contributed by atoms with Crippen LogP contribution in [0.1, 0.15) is 15.9 Å². The van der Waals surface area contributed by atoms with E-state index in [0.29, 0.717) is 0 Å². The predicted octanol–water partition coefficient (Wildman–Crippen LogP) is 4.58. The molecule has 0 saturated carbocycles. The Morgan fingerprint density at radius 3 is 2.43 bits per heavy atom. The second-order valence-electron chi connectivity index (χ2n) is 7.16. The first-order chi connectivity index (χ1) is 14.4. The summed E-state index contributed by atoms with van der Waals surface area (Å²) in [7, 11) is 1.93. The molecule has 2 heterocycles. The van der Waals surface area contributed by atoms with Crippen LogP contribution in [-0.2, 0) is 7.05 Å². The maximum atomic E-state index is 12.9. The van der Waals surface area contributed by atoms with Crippen molar-refractivity contribution in [3.05, 3.63) is 77.5 Å². The number of rotatable bonds is 2. The number of carbonyl (C=O) groups excluding carboxylic acids is 1. The molecular formula is C24H17NO5. The molecule has 1 aliphatic rings. The van der Waals surface area contributed by atoms with Crippen LogP contribution in [-0.4, -0.2) is 25.7 Å². The number of para-hydroxylation sites is 1. The molecule has 30 heavy (non-hydrogen) atoms. The first-order valence-corrected chi connectivity index (χ1v) is 9.31. The zero-order chi connectivity index (χ0) is 21.0. The summed E-state index contributed by atoms with van der Waals surface area (Å²) in [6, 6.07) is 17.0. The summed E-state index contributed by atoms with van der Waals surface area (Å²) in [6.07, 6.45) is 1.66. The first kappa shape index (κ1) is 17.9. The highest BCUT2D eigenvalue weighted by atomic mass is 16.5. The standard InChI is InChI=1S/C24H17NO5/c1-25-18-5-3-2-4-16(18)17(23(25)13-6-8-14(26)9-7-13)12-21-24(29)22-19(28)10-15(27)11-20(22)30-21/h2-12,26-28H,1H3/b21-12-. The van der Waals surface area contributed by atoms with Crippen LogP contribution in [0.25, 0.3) is 28.2 Å². The summed E-state index contributed by atoms with van der Waals surface area (Å²) in [4.78, 5) is 12.9. The number of hydrogen-bond donors (Lipinski definition) is 3. The van der Waals surface area contributed by atoms with Crippen molar-refractivity contribution in [1.29, 1.82) is 0 Å². The van der Waals surface area contributed by atoms with Crippen molar-refractivity contribution >= 4 is 22.8 Å². The minimum Gasteiger partial charge on any atom is -0.508 e. The van der Waals surface area contributed by atoms with Gasteiger partial charge in [-0.05, 0) is 42.0 Å². The minimum absolute atomic E-state index is 0.0328. The summed E-state index contributed by atoms with van der Waals surface area (Å²) in [5.41, 5.74) is 3.49. The Labute approximate surface area is 171 Å². The Balaban J connectivity index is 1.74. The van der Waals surface area contributed by atoms with Gasteiger partial charge in [-0.1, -0.05) is 18.2 Å². The fourth-order valence-corrected chi connectivity index (χ4v) is 3.95. The summed E-state index contributed by atoms with van der Waals surface area (Å²) < 4.78 is 7.71. The van der Waals surface area contributed by atoms with Gasteiger partial charge < -0.3 is 24.6 Å². The molecule has 148 valence electrons. The van der Waals surface area contributed by atoms with E-state index in [1.165, 1.54) is 6.07 Å². The zero-order valence-electron chi connectivity index (χ0n) is 16.0. The number of aryl methyl sites for hydroxylation is 1. The van der Waals surface area contributed by atoms with Crippen LogP contribution < -0.4 is 4.74 Å². The van der Waals surface area contributed by atoms with Crippen molar-refractivity contribution in [2.75, 3.05) is 0 Å². The van der Waals surface area contributed by atoms with Crippen molar-refractivity contribution in [2.45, 2.75) is 0 Å². The van der Waals surface area contributed by atoms with Gasteiger partial charge in [0.1, 0.15) is 28.6 Å². The fourth-order valence-electron chi connectivity index (χ4n) is 3.95. The molecule has 3 N–H and O–H groups in total. The number of allylic oxidation sites excluding steroid dienone is 1. The number of Topliss-reactive ketones (excluding diaryl/α,β-unsaturated/α-hetero) is 1. The van der Waals surface area contributed by atoms with Crippen LogP contribution in [0.15, 0.2) is 66.4 Å². The topological polar surface area (TPSA) is 91.9 Å². The number of phenolic OH excluding ortho intramolecular Hbond substituents is 3. The number of nitrogens with zero attached hydrogens (tertiary/aromatic N) is 1. The lowest BCUT2D eigenvalue weighted by atomic mass is 10.0. The number of carbonyl (C=O) groups is 1. The molecule has 5 rings (SSSR count). The Kier molecular flexibility index (Phi) is 3.83. The molecule has 1 aliphatic heterocycles. The van der Waals surface area contributed by atoms with Crippen LogP contribution in [0.5, 0.6) is 23.0 Å². The summed E-state index contributed by atoms with van der Waals surface area (Å²) in [5, 5.41) is 30.4. The lowest BCUT2D eigenvalue weighted by Gasteiger charge is -2.07. The number of aromatic hydroxyl groups is 3. The van der Waals surface area contributed by atoms with Crippen molar-refractivity contribution < 1.29 is 24.9 Å². The van der Waals surface area contributed by atoms with E-state index in [-0.39, 0.29) is 34.3 Å². The van der Waals surface area contributed by atoms with E-state index in [4.69, 9.17) is 4.74 Å². The lowest BCUT2D eigenvalue weighted by Crippen LogP contribution is -1.99. The molecule has 0 saturated heterocycles. The third-order valence-electron chi connectivity index (χ3n) is 5.30. The molecule has 0 bridgehead atoms. The number of phenols is 3. The fraction of sp³-hybridized carbons (Fsp3) is 0.0417. The molecular weight excluding hydrogens is 382 g/mol. The maximum absolute atomic E-state index is 12.9. The molecule has 4 aromatic rings. The highest BCUT2D eigenvalue weighted by molar-refractivity contribution is 6.17. The van der Waals surface area contributed by atoms with Crippen LogP contribution in [0.3, 0.4) is 0 Å². The average molecular weight is 399 g/mol. The second kappa shape index (κ2) is 6.42. The van der Waals surface area contributed by atoms with E-state index in [2.05, 4.69) is 0 Å². The van der Waals surface area contributed by atoms with E-state index in [1.54, 1.807) is 18.2 Å². The van der Waals surface area contributed by atoms with Crippen molar-refractivity contribution in [1.82, 2.24) is 4.57 Å². The van der Waals surface area contributed by atoms with Crippen molar-refractivity contribution in [3.8, 4) is 34.3 Å². The van der Waals surface area contributed by atoms with Gasteiger partial charge in [-0.25, -0.2) is 0 Å². The monoisotopic (exact) mass is 399 g/mol. The minimum atomic E-state index is -0.452. The van der Waals surface area contributed by atoms with Gasteiger partial charge in [0.05, 0.1) is 5.69 Å². The first-order valence-electron chi connectivity index (χ1n) is 9.31. The van der Waals surface area contributed by atoms with Gasteiger partial charge >= 0.3 is 0 Å². The van der Waals surface area contributed by atoms with Crippen molar-refractivity contribution in [3.63, 3.8) is 0 Å². The molecule has 1 aromatic heterocycles. The third-order valence-corrected chi connectivity index (χ3v) is 5.30. The third kappa shape index (κ3) is 2.62. The van der Waals surface area contributed by atoms with E-state index >= 15 is 0 Å². The van der Waals surface area contributed by atoms with E-state index in [1.807, 2.05) is 48.0 Å². The Morgan fingerprint density at radius 2 is 1.67 bits per heavy atom. The smallest absolute Gasteiger partial charge is 0.235 e. The molecule has 0 amide bonds. The molecule has 0 spiro atoms. The highest BCUT2D eigenvalue weighted by Crippen LogP contribution is 2.42. The summed E-state index contributed by atoms with van der Waals surface area (Å²) in [6.45, 7) is 0. The summed E-state index contributed by atoms with van der Waals surface area (Å²) >= 11 is 0. The van der Waals surface area contributed by atoms with Gasteiger partial charge in [-0.3, -0.25) is 4.79 Å². The number of ketones is 1. The summed E-state index contributed by atoms with van der Waals surface area (Å²) in [5.74, 6) is -0.618. The molecule has 0 unspecified atom stereocenters. The maximum Gasteiger partial charge on any atom is 0.235 e. The molecule has 0 fully saturated rings. The van der Waals surface area contributed by atoms with Crippen LogP contribution in [0, 0.1) is 0 Å². The molecule has 0 atom stereocenters. The molecule has 6 heteroatoms. The Morgan fingerprint density at radius 1 is 0.933 bits per heavy atom. The van der Waals surface area contributed by atoms with E-state index < -0.39 is 5.78 Å². The largest absolute Gasteiger partial charge is 0.508 e. The number of fused-ring (bicyclic) bond motifs is 2. The van der Waals surface area contributed by atoms with Gasteiger partial charge in [0.25, 0.3) is 0 Å². The van der Waals surface area contributed by atoms with Gasteiger partial charge in [0.15, 0.2) is 5.76 Å². The van der Waals surface area contributed by atoms with Gasteiger partial charge in [-0.2, -0.15) is 0 Å². The molecule has 0 aliphatic carbocycles. The van der Waals surface area contributed by atoms with Crippen molar-refractivity contribution in [2.24, 2.45) is 7.05 Å². The average Bonchev–Trinajstić information content (AvgIpc) is 3.18. The van der Waals surface area contributed by atoms with Gasteiger partial charge in [-0.15, -0.1) is 0 Å². The quantitative estimate of drug-likeness (QED) is 0.429. The lowest BCUT2D eigenvalue weighted by molar-refractivity contribution is 0.101. The number of ether oxygens (including phenoxy) is 1. The van der Waals surface area contributed by atoms with Gasteiger partial charge in [0, 0.05) is 35.6 Å². The zero-order valence-corrected chi connectivity index (χ0v) is 16.0. The normalized spacial score (nSPS) is 14.3. The number of aromatic nitrogens is 1. The van der Waals surface area contributed by atoms with Crippen LogP contribution in [0.2, 0.25) is 0 Å². The van der Waals surface area contributed by atoms with Crippen LogP contribution >= 0.6 is 0 Å². The molecule has 0 radical (unpaired) electrons. The number of benzene rings is 3. The van der Waals surface area contributed by atoms with Gasteiger partial charge in [0.2, 0.25) is 5.78 Å². The Bertz CT molecular complexity index is 1360. The van der Waals surface area contributed by atoms with E-state index in [9.17, 15) is 20.1 Å². The second-order valence-corrected chi connectivity index (χ2v) is 7.16. The highest BCUT2D eigenvalue weighted by Gasteiger charge is 2.32. The molecule has 6 nitrogen and oxygen atoms in total. The predicted molar refractivity (Wildman–Crippen MR) is 113 cm³/mol. The van der Waals surface area contributed by atoms with E-state index in [0.717, 1.165) is 33.8 Å². The Hall–Kier alpha value is -4.19. The number of hydrogen-bond acceptors (Lipinski definition) is 5. The SMILES string of the molecule is Cn1c(-c2ccc(O)cc2)c(/C=C2\Oc3cc(O)cc(O)c3C2=O)c2ccccc21. The molecule has 3 aromatic carbocycles. The van der Waals surface area contributed by atoms with Crippen LogP contribution in [0.4, 0.5) is 0 Å².